The summed E-state index contributed by atoms with van der Waals surface area (Å²) in [6.45, 7) is 3.17. The molecule has 2 N–H and O–H groups in total. The molecule has 0 fully saturated rings. The van der Waals surface area contributed by atoms with Gasteiger partial charge in [-0.2, -0.15) is 12.6 Å². The smallest absolute Gasteiger partial charge is 0.130 e. The van der Waals surface area contributed by atoms with Crippen LogP contribution in [-0.4, -0.2) is 46.8 Å². The van der Waals surface area contributed by atoms with Crippen molar-refractivity contribution in [2.24, 2.45) is 0 Å². The third-order valence-corrected chi connectivity index (χ3v) is 1.58. The molecular formula is C6H15NO2S. The first-order valence-corrected chi connectivity index (χ1v) is 4.03. The summed E-state index contributed by atoms with van der Waals surface area (Å²) in [5, 5.41) is 17.6. The van der Waals surface area contributed by atoms with Gasteiger partial charge in [0.15, 0.2) is 0 Å². The summed E-state index contributed by atoms with van der Waals surface area (Å²) in [6, 6.07) is 0. The van der Waals surface area contributed by atoms with Crippen LogP contribution in [0.5, 0.6) is 0 Å². The van der Waals surface area contributed by atoms with Gasteiger partial charge >= 0.3 is 0 Å². The van der Waals surface area contributed by atoms with Crippen molar-refractivity contribution in [3.05, 3.63) is 0 Å². The Morgan fingerprint density at radius 1 is 1.60 bits per heavy atom. The Labute approximate surface area is 67.1 Å². The van der Waals surface area contributed by atoms with Crippen molar-refractivity contribution >= 4 is 12.6 Å². The van der Waals surface area contributed by atoms with E-state index in [1.807, 2.05) is 6.92 Å². The molecule has 0 aliphatic heterocycles. The fourth-order valence-corrected chi connectivity index (χ4v) is 1.02. The second kappa shape index (κ2) is 5.97. The van der Waals surface area contributed by atoms with E-state index in [4.69, 9.17) is 10.2 Å². The fourth-order valence-electron chi connectivity index (χ4n) is 0.762. The number of aliphatic hydroxyl groups is 2. The summed E-state index contributed by atoms with van der Waals surface area (Å²) in [5.74, 6) is 0.699. The van der Waals surface area contributed by atoms with E-state index in [1.165, 1.54) is 0 Å². The molecule has 0 aliphatic carbocycles. The third kappa shape index (κ3) is 3.41. The molecule has 0 aliphatic rings. The van der Waals surface area contributed by atoms with Crippen molar-refractivity contribution in [1.29, 1.82) is 0 Å². The highest BCUT2D eigenvalue weighted by Crippen LogP contribution is 1.94. The Kier molecular flexibility index (Phi) is 6.11. The quantitative estimate of drug-likeness (QED) is 0.382. The molecule has 62 valence electrons. The molecule has 0 aromatic rings. The Bertz CT molecular complexity index is 82.1. The van der Waals surface area contributed by atoms with Gasteiger partial charge in [0.05, 0.1) is 6.61 Å². The molecule has 3 nitrogen and oxygen atoms in total. The van der Waals surface area contributed by atoms with Gasteiger partial charge < -0.3 is 10.2 Å². The molecule has 0 spiro atoms. The lowest BCUT2D eigenvalue weighted by atomic mass is 10.4. The number of hydrogen-bond acceptors (Lipinski definition) is 4. The van der Waals surface area contributed by atoms with Crippen LogP contribution in [0, 0.1) is 0 Å². The Balaban J connectivity index is 3.56. The summed E-state index contributed by atoms with van der Waals surface area (Å²) in [7, 11) is 0. The zero-order valence-electron chi connectivity index (χ0n) is 6.19. The van der Waals surface area contributed by atoms with Crippen molar-refractivity contribution in [2.75, 3.05) is 25.4 Å². The predicted molar refractivity (Wildman–Crippen MR) is 44.2 cm³/mol. The normalized spacial score (nSPS) is 14.1. The van der Waals surface area contributed by atoms with E-state index in [9.17, 15) is 0 Å². The summed E-state index contributed by atoms with van der Waals surface area (Å²) in [4.78, 5) is 1.76. The van der Waals surface area contributed by atoms with Crippen LogP contribution in [-0.2, 0) is 0 Å². The van der Waals surface area contributed by atoms with E-state index >= 15 is 0 Å². The zero-order chi connectivity index (χ0) is 7.98. The minimum Gasteiger partial charge on any atom is -0.392 e. The summed E-state index contributed by atoms with van der Waals surface area (Å²) in [6.07, 6.45) is -0.725. The molecule has 4 heteroatoms. The van der Waals surface area contributed by atoms with Gasteiger partial charge in [0.2, 0.25) is 0 Å². The molecule has 0 aromatic heterocycles. The lowest BCUT2D eigenvalue weighted by molar-refractivity contribution is -0.0285. The van der Waals surface area contributed by atoms with Crippen LogP contribution in [0.25, 0.3) is 0 Å². The first-order chi connectivity index (χ1) is 4.76. The van der Waals surface area contributed by atoms with E-state index in [0.717, 1.165) is 6.54 Å². The molecule has 10 heavy (non-hydrogen) atoms. The highest BCUT2D eigenvalue weighted by molar-refractivity contribution is 7.80. The lowest BCUT2D eigenvalue weighted by Crippen LogP contribution is -2.38. The second-order valence-corrected chi connectivity index (χ2v) is 2.46. The average Bonchev–Trinajstić information content (AvgIpc) is 1.99. The number of likely N-dealkylation sites (N-methyl/N-ethyl adjacent to an activating group) is 1. The van der Waals surface area contributed by atoms with E-state index < -0.39 is 6.23 Å². The highest BCUT2D eigenvalue weighted by Gasteiger charge is 2.10. The summed E-state index contributed by atoms with van der Waals surface area (Å²) in [5.41, 5.74) is 0. The van der Waals surface area contributed by atoms with Gasteiger partial charge in [-0.1, -0.05) is 6.92 Å². The fraction of sp³-hybridized carbons (Fsp3) is 1.00. The van der Waals surface area contributed by atoms with Crippen LogP contribution < -0.4 is 0 Å². The van der Waals surface area contributed by atoms with E-state index in [0.29, 0.717) is 12.3 Å². The molecule has 0 saturated heterocycles. The second-order valence-electron chi connectivity index (χ2n) is 2.02. The van der Waals surface area contributed by atoms with Gasteiger partial charge in [-0.15, -0.1) is 0 Å². The van der Waals surface area contributed by atoms with E-state index in [-0.39, 0.29) is 6.61 Å². The topological polar surface area (TPSA) is 43.7 Å². The number of hydrogen-bond donors (Lipinski definition) is 3. The van der Waals surface area contributed by atoms with Crippen LogP contribution in [0.4, 0.5) is 0 Å². The van der Waals surface area contributed by atoms with Crippen molar-refractivity contribution in [3.63, 3.8) is 0 Å². The third-order valence-electron chi connectivity index (χ3n) is 1.38. The van der Waals surface area contributed by atoms with Crippen LogP contribution >= 0.6 is 12.6 Å². The molecule has 0 saturated carbocycles. The number of aliphatic hydroxyl groups excluding tert-OH is 2. The van der Waals surface area contributed by atoms with Gasteiger partial charge in [-0.05, 0) is 6.54 Å². The maximum atomic E-state index is 9.09. The highest BCUT2D eigenvalue weighted by atomic mass is 32.1. The van der Waals surface area contributed by atoms with E-state index in [2.05, 4.69) is 12.6 Å². The van der Waals surface area contributed by atoms with Gasteiger partial charge in [0.1, 0.15) is 6.23 Å². The number of nitrogens with zero attached hydrogens (tertiary/aromatic N) is 1. The Morgan fingerprint density at radius 2 is 2.20 bits per heavy atom. The molecule has 0 amide bonds. The van der Waals surface area contributed by atoms with Crippen LogP contribution in [0.1, 0.15) is 6.92 Å². The first kappa shape index (κ1) is 10.2. The molecule has 0 heterocycles. The standard InChI is InChI=1S/C6H15NO2S/c1-2-7(3-4-10)6(9)5-8/h6,8-10H,2-5H2,1H3. The number of rotatable bonds is 5. The Morgan fingerprint density at radius 3 is 2.50 bits per heavy atom. The summed E-state index contributed by atoms with van der Waals surface area (Å²) >= 11 is 4.01. The molecule has 0 radical (unpaired) electrons. The minimum atomic E-state index is -0.725. The monoisotopic (exact) mass is 165 g/mol. The van der Waals surface area contributed by atoms with Gasteiger partial charge in [0.25, 0.3) is 0 Å². The molecule has 1 atom stereocenters. The van der Waals surface area contributed by atoms with Gasteiger partial charge in [0, 0.05) is 12.3 Å². The molecule has 1 unspecified atom stereocenters. The molecule has 0 rings (SSSR count). The Hall–Kier alpha value is 0.230. The van der Waals surface area contributed by atoms with Crippen LogP contribution in [0.3, 0.4) is 0 Å². The van der Waals surface area contributed by atoms with Crippen molar-refractivity contribution in [3.8, 4) is 0 Å². The van der Waals surface area contributed by atoms with Crippen LogP contribution in [0.2, 0.25) is 0 Å². The van der Waals surface area contributed by atoms with Crippen molar-refractivity contribution in [2.45, 2.75) is 13.2 Å². The SMILES string of the molecule is CCN(CCS)C(O)CO. The molecule has 0 bridgehead atoms. The van der Waals surface area contributed by atoms with Crippen molar-refractivity contribution < 1.29 is 10.2 Å². The molecule has 0 aromatic carbocycles. The summed E-state index contributed by atoms with van der Waals surface area (Å²) < 4.78 is 0. The largest absolute Gasteiger partial charge is 0.392 e. The van der Waals surface area contributed by atoms with Crippen molar-refractivity contribution in [1.82, 2.24) is 4.90 Å². The maximum absolute atomic E-state index is 9.09. The average molecular weight is 165 g/mol. The lowest BCUT2D eigenvalue weighted by Gasteiger charge is -2.23. The van der Waals surface area contributed by atoms with Crippen LogP contribution in [0.15, 0.2) is 0 Å². The predicted octanol–water partition coefficient (Wildman–Crippen LogP) is -0.451. The number of thiol groups is 1. The minimum absolute atomic E-state index is 0.207. The van der Waals surface area contributed by atoms with Gasteiger partial charge in [-0.25, -0.2) is 0 Å². The first-order valence-electron chi connectivity index (χ1n) is 3.40. The molecular weight excluding hydrogens is 150 g/mol. The zero-order valence-corrected chi connectivity index (χ0v) is 7.09. The maximum Gasteiger partial charge on any atom is 0.130 e. The van der Waals surface area contributed by atoms with E-state index in [1.54, 1.807) is 4.90 Å². The van der Waals surface area contributed by atoms with Gasteiger partial charge in [-0.3, -0.25) is 4.90 Å².